The van der Waals surface area contributed by atoms with Gasteiger partial charge in [-0.05, 0) is 12.1 Å². The van der Waals surface area contributed by atoms with Crippen molar-refractivity contribution in [3.63, 3.8) is 0 Å². The standard InChI is InChI=1S/C8H8FNO/c9-6-1-2-7(10)5-3-4-11-8(5)6/h1-2H,3-4,10H2. The third kappa shape index (κ3) is 0.843. The summed E-state index contributed by atoms with van der Waals surface area (Å²) in [6, 6.07) is 2.91. The molecule has 0 spiro atoms. The molecule has 1 aliphatic heterocycles. The van der Waals surface area contributed by atoms with Crippen LogP contribution in [0.15, 0.2) is 12.1 Å². The normalized spacial score (nSPS) is 14.3. The predicted molar refractivity (Wildman–Crippen MR) is 40.0 cm³/mol. The van der Waals surface area contributed by atoms with Crippen molar-refractivity contribution < 1.29 is 9.13 Å². The molecule has 11 heavy (non-hydrogen) atoms. The van der Waals surface area contributed by atoms with Gasteiger partial charge in [-0.15, -0.1) is 0 Å². The number of hydrogen-bond donors (Lipinski definition) is 1. The smallest absolute Gasteiger partial charge is 0.165 e. The summed E-state index contributed by atoms with van der Waals surface area (Å²) in [7, 11) is 0. The fourth-order valence-corrected chi connectivity index (χ4v) is 1.28. The maximum Gasteiger partial charge on any atom is 0.165 e. The van der Waals surface area contributed by atoms with Gasteiger partial charge in [0.1, 0.15) is 0 Å². The quantitative estimate of drug-likeness (QED) is 0.571. The van der Waals surface area contributed by atoms with E-state index in [1.807, 2.05) is 0 Å². The molecule has 1 aliphatic rings. The van der Waals surface area contributed by atoms with E-state index in [0.29, 0.717) is 18.0 Å². The summed E-state index contributed by atoms with van der Waals surface area (Å²) in [5, 5.41) is 0. The maximum absolute atomic E-state index is 12.9. The molecular formula is C8H8FNO. The molecule has 3 heteroatoms. The largest absolute Gasteiger partial charge is 0.490 e. The van der Waals surface area contributed by atoms with Gasteiger partial charge < -0.3 is 10.5 Å². The van der Waals surface area contributed by atoms with Crippen LogP contribution in [0.1, 0.15) is 5.56 Å². The molecule has 0 saturated heterocycles. The van der Waals surface area contributed by atoms with Crippen LogP contribution in [0.4, 0.5) is 10.1 Å². The fraction of sp³-hybridized carbons (Fsp3) is 0.250. The number of nitrogens with two attached hydrogens (primary N) is 1. The Morgan fingerprint density at radius 2 is 2.27 bits per heavy atom. The van der Waals surface area contributed by atoms with Crippen molar-refractivity contribution in [2.75, 3.05) is 12.3 Å². The molecular weight excluding hydrogens is 145 g/mol. The van der Waals surface area contributed by atoms with Gasteiger partial charge in [0.25, 0.3) is 0 Å². The molecule has 1 aromatic rings. The van der Waals surface area contributed by atoms with Crippen LogP contribution in [0.5, 0.6) is 5.75 Å². The molecule has 1 aromatic carbocycles. The zero-order valence-corrected chi connectivity index (χ0v) is 5.93. The Bertz CT molecular complexity index is 269. The molecule has 2 rings (SSSR count). The molecule has 0 unspecified atom stereocenters. The minimum atomic E-state index is -0.313. The van der Waals surface area contributed by atoms with E-state index in [1.54, 1.807) is 6.07 Å². The lowest BCUT2D eigenvalue weighted by molar-refractivity contribution is 0.339. The van der Waals surface area contributed by atoms with Gasteiger partial charge in [0.2, 0.25) is 0 Å². The third-order valence-corrected chi connectivity index (χ3v) is 1.85. The van der Waals surface area contributed by atoms with E-state index in [1.165, 1.54) is 6.07 Å². The van der Waals surface area contributed by atoms with Gasteiger partial charge in [0.15, 0.2) is 11.6 Å². The minimum absolute atomic E-state index is 0.313. The molecule has 1 heterocycles. The van der Waals surface area contributed by atoms with Gasteiger partial charge in [0.05, 0.1) is 6.61 Å². The topological polar surface area (TPSA) is 35.2 Å². The number of benzene rings is 1. The number of hydrogen-bond acceptors (Lipinski definition) is 2. The summed E-state index contributed by atoms with van der Waals surface area (Å²) < 4.78 is 17.9. The lowest BCUT2D eigenvalue weighted by Gasteiger charge is -2.01. The van der Waals surface area contributed by atoms with E-state index < -0.39 is 0 Å². The number of rotatable bonds is 0. The second-order valence-electron chi connectivity index (χ2n) is 2.54. The van der Waals surface area contributed by atoms with Gasteiger partial charge in [-0.25, -0.2) is 4.39 Å². The molecule has 58 valence electrons. The average molecular weight is 153 g/mol. The van der Waals surface area contributed by atoms with Crippen molar-refractivity contribution in [1.82, 2.24) is 0 Å². The predicted octanol–water partition coefficient (Wildman–Crippen LogP) is 1.34. The average Bonchev–Trinajstić information content (AvgIpc) is 2.45. The Hall–Kier alpha value is -1.25. The van der Waals surface area contributed by atoms with Crippen molar-refractivity contribution in [3.8, 4) is 5.75 Å². The maximum atomic E-state index is 12.9. The molecule has 0 atom stereocenters. The van der Waals surface area contributed by atoms with Crippen LogP contribution in [0, 0.1) is 5.82 Å². The first-order valence-corrected chi connectivity index (χ1v) is 3.48. The van der Waals surface area contributed by atoms with Gasteiger partial charge in [0, 0.05) is 17.7 Å². The van der Waals surface area contributed by atoms with Crippen LogP contribution in [0.25, 0.3) is 0 Å². The third-order valence-electron chi connectivity index (χ3n) is 1.85. The Kier molecular flexibility index (Phi) is 1.24. The number of ether oxygens (including phenoxy) is 1. The van der Waals surface area contributed by atoms with Crippen LogP contribution in [0.2, 0.25) is 0 Å². The molecule has 0 amide bonds. The zero-order chi connectivity index (χ0) is 7.84. The molecule has 0 fully saturated rings. The molecule has 2 nitrogen and oxygen atoms in total. The summed E-state index contributed by atoms with van der Waals surface area (Å²) in [5.41, 5.74) is 7.03. The van der Waals surface area contributed by atoms with Crippen LogP contribution in [-0.4, -0.2) is 6.61 Å². The second-order valence-corrected chi connectivity index (χ2v) is 2.54. The highest BCUT2D eigenvalue weighted by Crippen LogP contribution is 2.32. The van der Waals surface area contributed by atoms with E-state index in [2.05, 4.69) is 0 Å². The second kappa shape index (κ2) is 2.12. The van der Waals surface area contributed by atoms with Crippen LogP contribution in [-0.2, 0) is 6.42 Å². The van der Waals surface area contributed by atoms with E-state index in [0.717, 1.165) is 12.0 Å². The highest BCUT2D eigenvalue weighted by Gasteiger charge is 2.18. The van der Waals surface area contributed by atoms with Crippen molar-refractivity contribution in [3.05, 3.63) is 23.5 Å². The van der Waals surface area contributed by atoms with Crippen LogP contribution < -0.4 is 10.5 Å². The van der Waals surface area contributed by atoms with Gasteiger partial charge in [-0.3, -0.25) is 0 Å². The monoisotopic (exact) mass is 153 g/mol. The minimum Gasteiger partial charge on any atom is -0.490 e. The summed E-state index contributed by atoms with van der Waals surface area (Å²) in [5.74, 6) is 0.0247. The zero-order valence-electron chi connectivity index (χ0n) is 5.93. The number of nitrogen functional groups attached to an aromatic ring is 1. The summed E-state index contributed by atoms with van der Waals surface area (Å²) in [4.78, 5) is 0. The highest BCUT2D eigenvalue weighted by molar-refractivity contribution is 5.56. The molecule has 0 aliphatic carbocycles. The molecule has 0 radical (unpaired) electrons. The SMILES string of the molecule is Nc1ccc(F)c2c1CCO2. The van der Waals surface area contributed by atoms with E-state index in [-0.39, 0.29) is 5.82 Å². The summed E-state index contributed by atoms with van der Waals surface area (Å²) >= 11 is 0. The first-order chi connectivity index (χ1) is 5.29. The number of anilines is 1. The molecule has 0 bridgehead atoms. The Labute approximate surface area is 63.8 Å². The van der Waals surface area contributed by atoms with Crippen molar-refractivity contribution in [1.29, 1.82) is 0 Å². The van der Waals surface area contributed by atoms with Gasteiger partial charge in [-0.1, -0.05) is 0 Å². The Morgan fingerprint density at radius 3 is 3.00 bits per heavy atom. The van der Waals surface area contributed by atoms with Crippen molar-refractivity contribution in [2.24, 2.45) is 0 Å². The summed E-state index contributed by atoms with van der Waals surface area (Å²) in [6.45, 7) is 0.542. The molecule has 2 N–H and O–H groups in total. The number of fused-ring (bicyclic) bond motifs is 1. The fourth-order valence-electron chi connectivity index (χ4n) is 1.28. The Balaban J connectivity index is 2.64. The van der Waals surface area contributed by atoms with E-state index >= 15 is 0 Å². The molecule has 0 aromatic heterocycles. The Morgan fingerprint density at radius 1 is 1.45 bits per heavy atom. The first-order valence-electron chi connectivity index (χ1n) is 3.48. The van der Waals surface area contributed by atoms with E-state index in [9.17, 15) is 4.39 Å². The van der Waals surface area contributed by atoms with Crippen LogP contribution >= 0.6 is 0 Å². The van der Waals surface area contributed by atoms with Gasteiger partial charge in [-0.2, -0.15) is 0 Å². The lowest BCUT2D eigenvalue weighted by atomic mass is 10.1. The number of halogens is 1. The first kappa shape index (κ1) is 6.46. The highest BCUT2D eigenvalue weighted by atomic mass is 19.1. The van der Waals surface area contributed by atoms with E-state index in [4.69, 9.17) is 10.5 Å². The molecule has 0 saturated carbocycles. The summed E-state index contributed by atoms with van der Waals surface area (Å²) in [6.07, 6.45) is 0.721. The van der Waals surface area contributed by atoms with Crippen molar-refractivity contribution in [2.45, 2.75) is 6.42 Å². The van der Waals surface area contributed by atoms with Crippen molar-refractivity contribution >= 4 is 5.69 Å². The van der Waals surface area contributed by atoms with Gasteiger partial charge >= 0.3 is 0 Å². The lowest BCUT2D eigenvalue weighted by Crippen LogP contribution is -1.91. The van der Waals surface area contributed by atoms with Crippen LogP contribution in [0.3, 0.4) is 0 Å².